The van der Waals surface area contributed by atoms with Crippen LogP contribution in [0.1, 0.15) is 45.6 Å². The summed E-state index contributed by atoms with van der Waals surface area (Å²) >= 11 is 0. The van der Waals surface area contributed by atoms with Gasteiger partial charge in [0.1, 0.15) is 29.2 Å². The van der Waals surface area contributed by atoms with Crippen LogP contribution in [-0.2, 0) is 38.8 Å². The van der Waals surface area contributed by atoms with E-state index in [1.807, 2.05) is 0 Å². The van der Waals surface area contributed by atoms with Gasteiger partial charge >= 0.3 is 6.03 Å². The van der Waals surface area contributed by atoms with Gasteiger partial charge in [0.05, 0.1) is 11.3 Å². The molecule has 0 spiro atoms. The number of rotatable bonds is 8. The van der Waals surface area contributed by atoms with E-state index in [0.717, 1.165) is 11.1 Å². The highest BCUT2D eigenvalue weighted by Gasteiger charge is 2.31. The zero-order valence-corrected chi connectivity index (χ0v) is 21.8. The Morgan fingerprint density at radius 1 is 1.29 bits per heavy atom. The molecule has 0 bridgehead atoms. The monoisotopic (exact) mass is 540 g/mol. The number of nitrogens with zero attached hydrogens (tertiary/aromatic N) is 5. The van der Waals surface area contributed by atoms with Crippen molar-refractivity contribution in [2.45, 2.75) is 32.2 Å². The summed E-state index contributed by atoms with van der Waals surface area (Å²) in [5.74, 6) is -0.546. The molecule has 2 aromatic heterocycles. The average molecular weight is 541 g/mol. The number of nitrogens with one attached hydrogen (secondary N) is 1. The third-order valence-corrected chi connectivity index (χ3v) is 7.99. The van der Waals surface area contributed by atoms with E-state index in [4.69, 9.17) is 4.74 Å². The first-order valence-corrected chi connectivity index (χ1v) is 14.0. The molecule has 4 rings (SSSR count). The maximum Gasteiger partial charge on any atom is 0.328 e. The van der Waals surface area contributed by atoms with Gasteiger partial charge in [-0.05, 0) is 48.9 Å². The molecule has 1 saturated heterocycles. The summed E-state index contributed by atoms with van der Waals surface area (Å²) in [6.07, 6.45) is 4.57. The van der Waals surface area contributed by atoms with Gasteiger partial charge in [0.25, 0.3) is 0 Å². The number of hydrogen-bond acceptors (Lipinski definition) is 9. The minimum atomic E-state index is -3.40. The molecule has 12 nitrogen and oxygen atoms in total. The number of nitriles is 1. The molecule has 0 atom stereocenters. The van der Waals surface area contributed by atoms with Crippen LogP contribution in [0.4, 0.5) is 16.4 Å². The Morgan fingerprint density at radius 2 is 2.11 bits per heavy atom. The van der Waals surface area contributed by atoms with E-state index >= 15 is 0 Å². The smallest absolute Gasteiger partial charge is 0.328 e. The lowest BCUT2D eigenvalue weighted by molar-refractivity contribution is -0.129. The summed E-state index contributed by atoms with van der Waals surface area (Å²) in [4.78, 5) is 48.9. The molecule has 0 unspecified atom stereocenters. The molecule has 38 heavy (non-hydrogen) atoms. The normalized spacial score (nSPS) is 16.5. The molecule has 2 aliphatic rings. The van der Waals surface area contributed by atoms with Crippen LogP contribution in [-0.4, -0.2) is 79.8 Å². The summed E-state index contributed by atoms with van der Waals surface area (Å²) in [5.41, 5.74) is 2.51. The van der Waals surface area contributed by atoms with Gasteiger partial charge in [-0.15, -0.1) is 0 Å². The zero-order valence-electron chi connectivity index (χ0n) is 21.0. The molecule has 1 fully saturated rings. The maximum atomic E-state index is 13.2. The fraction of sp³-hybridized carbons (Fsp3) is 0.440. The van der Waals surface area contributed by atoms with E-state index in [1.165, 1.54) is 16.0 Å². The molecule has 1 N–H and O–H groups in total. The molecule has 2 aromatic rings. The van der Waals surface area contributed by atoms with Crippen LogP contribution in [0.2, 0.25) is 0 Å². The Bertz CT molecular complexity index is 1400. The van der Waals surface area contributed by atoms with Crippen molar-refractivity contribution in [2.75, 3.05) is 48.5 Å². The van der Waals surface area contributed by atoms with Gasteiger partial charge in [-0.2, -0.15) is 5.26 Å². The number of hydrogen-bond donors (Lipinski definition) is 1. The summed E-state index contributed by atoms with van der Waals surface area (Å²) in [5, 5.41) is 12.1. The second-order valence-corrected chi connectivity index (χ2v) is 11.3. The number of carbonyl (C=O) groups excluding carboxylic acids is 3. The number of methoxy groups -OCH3 is 1. The number of amides is 3. The predicted molar refractivity (Wildman–Crippen MR) is 138 cm³/mol. The zero-order chi connectivity index (χ0) is 27.3. The number of aryl methyl sites for hydroxylation is 2. The number of urea groups is 1. The fourth-order valence-electron chi connectivity index (χ4n) is 4.54. The Morgan fingerprint density at radius 3 is 2.82 bits per heavy atom. The molecule has 13 heteroatoms. The van der Waals surface area contributed by atoms with E-state index in [9.17, 15) is 28.1 Å². The molecule has 2 aliphatic heterocycles. The number of anilines is 2. The summed E-state index contributed by atoms with van der Waals surface area (Å²) < 4.78 is 28.5. The minimum absolute atomic E-state index is 0.0517. The average Bonchev–Trinajstić information content (AvgIpc) is 2.89. The first-order chi connectivity index (χ1) is 18.2. The molecular formula is C25H28N6O6S. The lowest BCUT2D eigenvalue weighted by atomic mass is 10.0. The molecule has 0 aliphatic carbocycles. The van der Waals surface area contributed by atoms with Crippen molar-refractivity contribution in [2.24, 2.45) is 0 Å². The molecule has 0 aromatic carbocycles. The molecule has 4 heterocycles. The number of sulfone groups is 1. The van der Waals surface area contributed by atoms with Crippen molar-refractivity contribution in [3.05, 3.63) is 46.3 Å². The van der Waals surface area contributed by atoms with Crippen molar-refractivity contribution >= 4 is 39.7 Å². The van der Waals surface area contributed by atoms with Crippen molar-refractivity contribution < 1.29 is 27.5 Å². The summed E-state index contributed by atoms with van der Waals surface area (Å²) in [7, 11) is -1.79. The van der Waals surface area contributed by atoms with Crippen LogP contribution < -0.4 is 10.2 Å². The van der Waals surface area contributed by atoms with Gasteiger partial charge in [-0.25, -0.2) is 23.2 Å². The number of ether oxygens (including phenoxy) is 1. The van der Waals surface area contributed by atoms with Gasteiger partial charge in [-0.1, -0.05) is 0 Å². The number of aromatic nitrogens is 2. The largest absolute Gasteiger partial charge is 0.385 e. The van der Waals surface area contributed by atoms with Crippen molar-refractivity contribution in [3.8, 4) is 6.07 Å². The van der Waals surface area contributed by atoms with E-state index < -0.39 is 27.5 Å². The maximum absolute atomic E-state index is 13.2. The highest BCUT2D eigenvalue weighted by Crippen LogP contribution is 2.29. The van der Waals surface area contributed by atoms with Gasteiger partial charge in [0, 0.05) is 45.1 Å². The number of pyridine rings is 2. The lowest BCUT2D eigenvalue weighted by Crippen LogP contribution is -2.44. The SMILES string of the molecule is COCCCc1cc(NC(=O)N2CCCc3cc(CN4CCS(=O)(=O)CC4=O)c(C=O)nc32)ncc1C#N. The Hall–Kier alpha value is -3.89. The van der Waals surface area contributed by atoms with E-state index in [-0.39, 0.29) is 24.5 Å². The van der Waals surface area contributed by atoms with Crippen LogP contribution in [0.5, 0.6) is 0 Å². The van der Waals surface area contributed by atoms with Crippen molar-refractivity contribution in [1.29, 1.82) is 5.26 Å². The Balaban J connectivity index is 1.54. The Labute approximate surface area is 220 Å². The molecular weight excluding hydrogens is 512 g/mol. The summed E-state index contributed by atoms with van der Waals surface area (Å²) in [6, 6.07) is 5.06. The second kappa shape index (κ2) is 11.7. The first kappa shape index (κ1) is 27.2. The number of aldehydes is 1. The van der Waals surface area contributed by atoms with Crippen LogP contribution in [0.3, 0.4) is 0 Å². The second-order valence-electron chi connectivity index (χ2n) is 9.16. The van der Waals surface area contributed by atoms with Gasteiger partial charge in [-0.3, -0.25) is 19.8 Å². The summed E-state index contributed by atoms with van der Waals surface area (Å²) in [6.45, 7) is 1.03. The fourth-order valence-corrected chi connectivity index (χ4v) is 5.74. The lowest BCUT2D eigenvalue weighted by Gasteiger charge is -2.30. The Kier molecular flexibility index (Phi) is 8.33. The van der Waals surface area contributed by atoms with E-state index in [0.29, 0.717) is 67.9 Å². The molecule has 200 valence electrons. The highest BCUT2D eigenvalue weighted by atomic mass is 32.2. The highest BCUT2D eigenvalue weighted by molar-refractivity contribution is 7.92. The van der Waals surface area contributed by atoms with Gasteiger partial charge < -0.3 is 9.64 Å². The predicted octanol–water partition coefficient (Wildman–Crippen LogP) is 1.48. The standard InChI is InChI=1S/C25H28N6O6S/c1-37-8-3-5-17-11-22(27-13-20(17)12-26)29-25(34)31-6-2-4-18-10-19(21(15-32)28-24(18)31)14-30-7-9-38(35,36)16-23(30)33/h10-11,13,15H,2-9,14,16H2,1H3,(H,27,29,34). The van der Waals surface area contributed by atoms with Crippen LogP contribution in [0.15, 0.2) is 18.3 Å². The molecule has 0 radical (unpaired) electrons. The number of carbonyl (C=O) groups is 3. The van der Waals surface area contributed by atoms with Crippen LogP contribution >= 0.6 is 0 Å². The van der Waals surface area contributed by atoms with E-state index in [2.05, 4.69) is 21.4 Å². The van der Waals surface area contributed by atoms with Crippen molar-refractivity contribution in [3.63, 3.8) is 0 Å². The van der Waals surface area contributed by atoms with Gasteiger partial charge in [0.2, 0.25) is 5.91 Å². The van der Waals surface area contributed by atoms with Crippen molar-refractivity contribution in [1.82, 2.24) is 14.9 Å². The topological polar surface area (TPSA) is 163 Å². The number of fused-ring (bicyclic) bond motifs is 1. The molecule has 0 saturated carbocycles. The molecule has 3 amide bonds. The third-order valence-electron chi connectivity index (χ3n) is 6.50. The van der Waals surface area contributed by atoms with Crippen LogP contribution in [0, 0.1) is 11.3 Å². The minimum Gasteiger partial charge on any atom is -0.385 e. The van der Waals surface area contributed by atoms with Crippen LogP contribution in [0.25, 0.3) is 0 Å². The first-order valence-electron chi connectivity index (χ1n) is 12.2. The van der Waals surface area contributed by atoms with Gasteiger partial charge in [0.15, 0.2) is 16.1 Å². The third kappa shape index (κ3) is 6.15. The van der Waals surface area contributed by atoms with E-state index in [1.54, 1.807) is 19.2 Å². The quantitative estimate of drug-likeness (QED) is 0.386.